The van der Waals surface area contributed by atoms with Crippen LogP contribution < -0.4 is 0 Å². The van der Waals surface area contributed by atoms with E-state index in [1.54, 1.807) is 0 Å². The van der Waals surface area contributed by atoms with Gasteiger partial charge in [-0.05, 0) is 57.8 Å². The van der Waals surface area contributed by atoms with E-state index in [1.165, 1.54) is 141 Å². The highest BCUT2D eigenvalue weighted by atomic mass is 16.6. The molecule has 6 heteroatoms. The highest BCUT2D eigenvalue weighted by Gasteiger charge is 2.19. The predicted octanol–water partition coefficient (Wildman–Crippen LogP) is 17.6. The van der Waals surface area contributed by atoms with Crippen LogP contribution in [0.5, 0.6) is 0 Å². The minimum atomic E-state index is -0.798. The van der Waals surface area contributed by atoms with Gasteiger partial charge in [0.1, 0.15) is 13.2 Å². The summed E-state index contributed by atoms with van der Waals surface area (Å²) in [7, 11) is 0. The number of rotatable bonds is 48. The van der Waals surface area contributed by atoms with Gasteiger partial charge in [-0.1, -0.05) is 248 Å². The number of allylic oxidation sites excluding steroid dienone is 10. The number of unbranched alkanes of at least 4 members (excludes halogenated alkanes) is 27. The smallest absolute Gasteiger partial charge is 0.306 e. The van der Waals surface area contributed by atoms with Gasteiger partial charge in [0.15, 0.2) is 6.10 Å². The van der Waals surface area contributed by atoms with Gasteiger partial charge in [0.25, 0.3) is 0 Å². The van der Waals surface area contributed by atoms with Gasteiger partial charge in [0.05, 0.1) is 0 Å². The van der Waals surface area contributed by atoms with Crippen molar-refractivity contribution in [2.75, 3.05) is 13.2 Å². The maximum Gasteiger partial charge on any atom is 0.306 e. The zero-order chi connectivity index (χ0) is 45.8. The van der Waals surface area contributed by atoms with Crippen molar-refractivity contribution in [2.45, 2.75) is 271 Å². The number of esters is 3. The van der Waals surface area contributed by atoms with Gasteiger partial charge in [-0.3, -0.25) is 14.4 Å². The van der Waals surface area contributed by atoms with Crippen LogP contribution in [0.15, 0.2) is 60.8 Å². The van der Waals surface area contributed by atoms with Crippen LogP contribution in [-0.4, -0.2) is 37.2 Å². The Hall–Kier alpha value is -2.89. The maximum atomic E-state index is 12.7. The lowest BCUT2D eigenvalue weighted by Crippen LogP contribution is -2.30. The molecule has 0 aliphatic carbocycles. The summed E-state index contributed by atoms with van der Waals surface area (Å²) in [5.41, 5.74) is 0. The van der Waals surface area contributed by atoms with Gasteiger partial charge in [0.2, 0.25) is 0 Å². The highest BCUT2D eigenvalue weighted by Crippen LogP contribution is 2.16. The third kappa shape index (κ3) is 50.0. The molecule has 63 heavy (non-hydrogen) atoms. The number of carbonyl (C=O) groups is 3. The topological polar surface area (TPSA) is 78.9 Å². The van der Waals surface area contributed by atoms with Gasteiger partial charge in [0, 0.05) is 19.3 Å². The van der Waals surface area contributed by atoms with E-state index in [4.69, 9.17) is 14.2 Å². The number of hydrogen-bond acceptors (Lipinski definition) is 6. The molecule has 0 aliphatic heterocycles. The SMILES string of the molecule is CC/C=C\C/C=C\C/C=C\C/C=C\C/C=C\CCCC(=O)OC(COC(=O)CCCCCCCC)COC(=O)CCCCCCCCCCCCCCCCCCCCCCCC. The molecule has 364 valence electrons. The fourth-order valence-corrected chi connectivity index (χ4v) is 7.54. The van der Waals surface area contributed by atoms with Crippen molar-refractivity contribution in [3.05, 3.63) is 60.8 Å². The number of hydrogen-bond donors (Lipinski definition) is 0. The Labute approximate surface area is 390 Å². The molecule has 0 rings (SSSR count). The molecule has 0 amide bonds. The van der Waals surface area contributed by atoms with Crippen molar-refractivity contribution in [1.82, 2.24) is 0 Å². The fourth-order valence-electron chi connectivity index (χ4n) is 7.54. The third-order valence-corrected chi connectivity index (χ3v) is 11.5. The molecule has 0 bridgehead atoms. The summed E-state index contributed by atoms with van der Waals surface area (Å²) in [5.74, 6) is -0.956. The van der Waals surface area contributed by atoms with E-state index < -0.39 is 6.10 Å². The lowest BCUT2D eigenvalue weighted by Gasteiger charge is -2.18. The Morgan fingerprint density at radius 3 is 0.952 bits per heavy atom. The zero-order valence-electron chi connectivity index (χ0n) is 41.6. The van der Waals surface area contributed by atoms with Crippen molar-refractivity contribution in [3.8, 4) is 0 Å². The number of ether oxygens (including phenoxy) is 3. The molecule has 0 saturated heterocycles. The first-order valence-corrected chi connectivity index (χ1v) is 26.8. The summed E-state index contributed by atoms with van der Waals surface area (Å²) in [4.78, 5) is 37.7. The van der Waals surface area contributed by atoms with Crippen LogP contribution in [0.3, 0.4) is 0 Å². The fraction of sp³-hybridized carbons (Fsp3) is 0.772. The van der Waals surface area contributed by atoms with E-state index in [1.807, 2.05) is 0 Å². The average Bonchev–Trinajstić information content (AvgIpc) is 3.28. The average molecular weight is 881 g/mol. The first-order valence-electron chi connectivity index (χ1n) is 26.8. The van der Waals surface area contributed by atoms with Crippen LogP contribution in [0.2, 0.25) is 0 Å². The molecule has 0 spiro atoms. The summed E-state index contributed by atoms with van der Waals surface area (Å²) in [6.45, 7) is 6.44. The normalized spacial score (nSPS) is 12.5. The van der Waals surface area contributed by atoms with Gasteiger partial charge >= 0.3 is 17.9 Å². The minimum Gasteiger partial charge on any atom is -0.462 e. The molecule has 0 heterocycles. The lowest BCUT2D eigenvalue weighted by molar-refractivity contribution is -0.167. The Balaban J connectivity index is 4.21. The van der Waals surface area contributed by atoms with Crippen molar-refractivity contribution in [1.29, 1.82) is 0 Å². The van der Waals surface area contributed by atoms with E-state index in [9.17, 15) is 14.4 Å². The predicted molar refractivity (Wildman–Crippen MR) is 270 cm³/mol. The quantitative estimate of drug-likeness (QED) is 0.0262. The second kappa shape index (κ2) is 51.7. The van der Waals surface area contributed by atoms with E-state index in [0.717, 1.165) is 77.0 Å². The number of carbonyl (C=O) groups excluding carboxylic acids is 3. The van der Waals surface area contributed by atoms with Crippen LogP contribution in [0, 0.1) is 0 Å². The summed E-state index contributed by atoms with van der Waals surface area (Å²) < 4.78 is 16.7. The second-order valence-corrected chi connectivity index (χ2v) is 17.8. The van der Waals surface area contributed by atoms with Crippen LogP contribution in [0.4, 0.5) is 0 Å². The molecule has 0 aromatic heterocycles. The van der Waals surface area contributed by atoms with Crippen molar-refractivity contribution in [3.63, 3.8) is 0 Å². The van der Waals surface area contributed by atoms with Crippen molar-refractivity contribution in [2.24, 2.45) is 0 Å². The Kier molecular flexibility index (Phi) is 49.4. The molecule has 6 nitrogen and oxygen atoms in total. The van der Waals surface area contributed by atoms with E-state index in [2.05, 4.69) is 81.5 Å². The van der Waals surface area contributed by atoms with Crippen LogP contribution in [0.1, 0.15) is 265 Å². The van der Waals surface area contributed by atoms with E-state index in [0.29, 0.717) is 19.3 Å². The molecule has 0 aliphatic rings. The van der Waals surface area contributed by atoms with E-state index in [-0.39, 0.29) is 37.5 Å². The first kappa shape index (κ1) is 60.1. The first-order chi connectivity index (χ1) is 31.0. The summed E-state index contributed by atoms with van der Waals surface area (Å²) in [6.07, 6.45) is 63.9. The third-order valence-electron chi connectivity index (χ3n) is 11.5. The standard InChI is InChI=1S/C57H100O6/c1-4-7-10-13-16-18-20-22-24-26-27-28-29-30-32-33-35-37-39-41-44-47-50-56(59)62-53-54(52-61-55(58)49-46-43-15-12-9-6-3)63-57(60)51-48-45-42-40-38-36-34-31-25-23-21-19-17-14-11-8-5-2/h8,11,17,19,23,25,34,36,40,42,54H,4-7,9-10,12-16,18,20-22,24,26-33,35,37-39,41,43-53H2,1-3H3/b11-8-,19-17-,25-23-,36-34-,42-40-. The molecule has 0 N–H and O–H groups in total. The monoisotopic (exact) mass is 881 g/mol. The Morgan fingerprint density at radius 2 is 0.619 bits per heavy atom. The molecule has 1 atom stereocenters. The van der Waals surface area contributed by atoms with Gasteiger partial charge in [-0.2, -0.15) is 0 Å². The molecular weight excluding hydrogens is 781 g/mol. The maximum absolute atomic E-state index is 12.7. The Bertz CT molecular complexity index is 1150. The second-order valence-electron chi connectivity index (χ2n) is 17.8. The summed E-state index contributed by atoms with van der Waals surface area (Å²) >= 11 is 0. The van der Waals surface area contributed by atoms with Crippen LogP contribution in [0.25, 0.3) is 0 Å². The molecular formula is C57H100O6. The van der Waals surface area contributed by atoms with Crippen LogP contribution in [-0.2, 0) is 28.6 Å². The van der Waals surface area contributed by atoms with E-state index >= 15 is 0 Å². The summed E-state index contributed by atoms with van der Waals surface area (Å²) in [5, 5.41) is 0. The zero-order valence-corrected chi connectivity index (χ0v) is 41.6. The molecule has 0 aromatic carbocycles. The van der Waals surface area contributed by atoms with Crippen molar-refractivity contribution < 1.29 is 28.6 Å². The molecule has 0 saturated carbocycles. The molecule has 0 aromatic rings. The molecule has 1 unspecified atom stereocenters. The highest BCUT2D eigenvalue weighted by molar-refractivity contribution is 5.71. The van der Waals surface area contributed by atoms with Crippen LogP contribution >= 0.6 is 0 Å². The minimum absolute atomic E-state index is 0.0943. The largest absolute Gasteiger partial charge is 0.462 e. The van der Waals surface area contributed by atoms with Gasteiger partial charge < -0.3 is 14.2 Å². The molecule has 0 radical (unpaired) electrons. The lowest BCUT2D eigenvalue weighted by atomic mass is 10.0. The van der Waals surface area contributed by atoms with Gasteiger partial charge in [-0.15, -0.1) is 0 Å². The van der Waals surface area contributed by atoms with Crippen molar-refractivity contribution >= 4 is 17.9 Å². The Morgan fingerprint density at radius 1 is 0.333 bits per heavy atom. The summed E-state index contributed by atoms with van der Waals surface area (Å²) in [6, 6.07) is 0. The molecule has 0 fully saturated rings. The van der Waals surface area contributed by atoms with Gasteiger partial charge in [-0.25, -0.2) is 0 Å².